The van der Waals surface area contributed by atoms with E-state index >= 15 is 0 Å². The van der Waals surface area contributed by atoms with Gasteiger partial charge in [-0.3, -0.25) is 9.59 Å². The van der Waals surface area contributed by atoms with E-state index in [1.54, 1.807) is 0 Å². The number of rotatable bonds is 7. The molecule has 3 aromatic rings. The first kappa shape index (κ1) is 18.4. The topological polar surface area (TPSA) is 72.2 Å². The van der Waals surface area contributed by atoms with Crippen molar-refractivity contribution in [3.63, 3.8) is 0 Å². The Morgan fingerprint density at radius 3 is 1.63 bits per heavy atom. The van der Waals surface area contributed by atoms with Crippen LogP contribution in [0.4, 0.5) is 0 Å². The Balaban J connectivity index is 1.86. The molecule has 0 saturated heterocycles. The lowest BCUT2D eigenvalue weighted by atomic mass is 9.90. The van der Waals surface area contributed by atoms with Crippen LogP contribution in [0, 0.1) is 0 Å². The van der Waals surface area contributed by atoms with Crippen LogP contribution in [-0.2, 0) is 16.0 Å². The summed E-state index contributed by atoms with van der Waals surface area (Å²) in [5, 5.41) is 2.85. The SMILES string of the molecule is NC(=O)[C@@H](Cc1ccccc1)NC(=O)C(c1ccccc1)c1ccccc1. The highest BCUT2D eigenvalue weighted by molar-refractivity contribution is 5.92. The number of benzene rings is 3. The van der Waals surface area contributed by atoms with Crippen molar-refractivity contribution in [3.8, 4) is 0 Å². The number of hydrogen-bond donors (Lipinski definition) is 2. The van der Waals surface area contributed by atoms with E-state index in [0.717, 1.165) is 16.7 Å². The first-order chi connectivity index (χ1) is 13.1. The first-order valence-corrected chi connectivity index (χ1v) is 8.88. The lowest BCUT2D eigenvalue weighted by molar-refractivity contribution is -0.127. The van der Waals surface area contributed by atoms with Gasteiger partial charge in [-0.15, -0.1) is 0 Å². The minimum absolute atomic E-state index is 0.243. The Morgan fingerprint density at radius 1 is 0.741 bits per heavy atom. The lowest BCUT2D eigenvalue weighted by Gasteiger charge is -2.22. The average molecular weight is 358 g/mol. The zero-order valence-corrected chi connectivity index (χ0v) is 14.9. The van der Waals surface area contributed by atoms with Gasteiger partial charge in [0.2, 0.25) is 11.8 Å². The van der Waals surface area contributed by atoms with Crippen molar-refractivity contribution in [1.82, 2.24) is 5.32 Å². The Morgan fingerprint density at radius 2 is 1.19 bits per heavy atom. The predicted octanol–water partition coefficient (Wildman–Crippen LogP) is 3.03. The molecule has 0 aliphatic heterocycles. The van der Waals surface area contributed by atoms with Crippen molar-refractivity contribution < 1.29 is 9.59 Å². The monoisotopic (exact) mass is 358 g/mol. The molecule has 1 atom stereocenters. The predicted molar refractivity (Wildman–Crippen MR) is 106 cm³/mol. The van der Waals surface area contributed by atoms with Crippen LogP contribution in [0.5, 0.6) is 0 Å². The van der Waals surface area contributed by atoms with E-state index in [2.05, 4.69) is 5.32 Å². The second-order valence-corrected chi connectivity index (χ2v) is 6.41. The van der Waals surface area contributed by atoms with Gasteiger partial charge in [0, 0.05) is 6.42 Å². The molecule has 0 spiro atoms. The molecular formula is C23H22N2O2. The number of amides is 2. The highest BCUT2D eigenvalue weighted by atomic mass is 16.2. The van der Waals surface area contributed by atoms with Crippen molar-refractivity contribution >= 4 is 11.8 Å². The molecule has 27 heavy (non-hydrogen) atoms. The molecule has 0 heterocycles. The third-order valence-electron chi connectivity index (χ3n) is 4.47. The van der Waals surface area contributed by atoms with Gasteiger partial charge in [0.1, 0.15) is 6.04 Å². The van der Waals surface area contributed by atoms with Gasteiger partial charge in [-0.2, -0.15) is 0 Å². The molecule has 3 N–H and O–H groups in total. The van der Waals surface area contributed by atoms with Gasteiger partial charge in [-0.1, -0.05) is 91.0 Å². The largest absolute Gasteiger partial charge is 0.368 e. The molecule has 3 aromatic carbocycles. The highest BCUT2D eigenvalue weighted by Gasteiger charge is 2.26. The summed E-state index contributed by atoms with van der Waals surface area (Å²) < 4.78 is 0. The molecule has 0 aliphatic rings. The molecule has 136 valence electrons. The van der Waals surface area contributed by atoms with Crippen LogP contribution in [0.3, 0.4) is 0 Å². The molecule has 0 aromatic heterocycles. The van der Waals surface area contributed by atoms with E-state index in [4.69, 9.17) is 5.73 Å². The summed E-state index contributed by atoms with van der Waals surface area (Å²) >= 11 is 0. The summed E-state index contributed by atoms with van der Waals surface area (Å²) in [5.74, 6) is -1.30. The van der Waals surface area contributed by atoms with Crippen LogP contribution in [0.25, 0.3) is 0 Å². The van der Waals surface area contributed by atoms with Gasteiger partial charge in [0.05, 0.1) is 5.92 Å². The fraction of sp³-hybridized carbons (Fsp3) is 0.130. The molecule has 4 heteroatoms. The van der Waals surface area contributed by atoms with Gasteiger partial charge in [-0.25, -0.2) is 0 Å². The molecule has 0 unspecified atom stereocenters. The third kappa shape index (κ3) is 4.82. The molecule has 0 fully saturated rings. The molecule has 2 amide bonds. The minimum Gasteiger partial charge on any atom is -0.368 e. The van der Waals surface area contributed by atoms with E-state index in [1.165, 1.54) is 0 Å². The minimum atomic E-state index is -0.769. The molecule has 4 nitrogen and oxygen atoms in total. The maximum absolute atomic E-state index is 13.1. The zero-order valence-electron chi connectivity index (χ0n) is 14.9. The normalized spacial score (nSPS) is 11.7. The van der Waals surface area contributed by atoms with E-state index < -0.39 is 17.9 Å². The number of carbonyl (C=O) groups is 2. The summed E-state index contributed by atoms with van der Waals surface area (Å²) in [5.41, 5.74) is 8.23. The van der Waals surface area contributed by atoms with Crippen LogP contribution >= 0.6 is 0 Å². The van der Waals surface area contributed by atoms with Crippen molar-refractivity contribution in [3.05, 3.63) is 108 Å². The highest BCUT2D eigenvalue weighted by Crippen LogP contribution is 2.25. The second kappa shape index (κ2) is 8.81. The summed E-state index contributed by atoms with van der Waals surface area (Å²) in [6.07, 6.45) is 0.359. The fourth-order valence-corrected chi connectivity index (χ4v) is 3.11. The van der Waals surface area contributed by atoms with Gasteiger partial charge < -0.3 is 11.1 Å². The summed E-state index contributed by atoms with van der Waals surface area (Å²) in [6, 6.07) is 27.8. The number of primary amides is 1. The van der Waals surface area contributed by atoms with Crippen LogP contribution in [0.15, 0.2) is 91.0 Å². The molecule has 0 bridgehead atoms. The maximum Gasteiger partial charge on any atom is 0.240 e. The quantitative estimate of drug-likeness (QED) is 0.681. The number of hydrogen-bond acceptors (Lipinski definition) is 2. The number of carbonyl (C=O) groups excluding carboxylic acids is 2. The Labute approximate surface area is 159 Å². The second-order valence-electron chi connectivity index (χ2n) is 6.41. The smallest absolute Gasteiger partial charge is 0.240 e. The maximum atomic E-state index is 13.1. The van der Waals surface area contributed by atoms with Gasteiger partial charge in [0.25, 0.3) is 0 Å². The van der Waals surface area contributed by atoms with Gasteiger partial charge >= 0.3 is 0 Å². The lowest BCUT2D eigenvalue weighted by Crippen LogP contribution is -2.47. The van der Waals surface area contributed by atoms with E-state index in [1.807, 2.05) is 91.0 Å². The molecule has 0 radical (unpaired) electrons. The van der Waals surface area contributed by atoms with Gasteiger partial charge in [0.15, 0.2) is 0 Å². The van der Waals surface area contributed by atoms with Crippen molar-refractivity contribution in [2.24, 2.45) is 5.73 Å². The van der Waals surface area contributed by atoms with Crippen LogP contribution < -0.4 is 11.1 Å². The summed E-state index contributed by atoms with van der Waals surface area (Å²) in [6.45, 7) is 0. The van der Waals surface area contributed by atoms with Crippen molar-refractivity contribution in [1.29, 1.82) is 0 Å². The first-order valence-electron chi connectivity index (χ1n) is 8.88. The van der Waals surface area contributed by atoms with Crippen LogP contribution in [0.1, 0.15) is 22.6 Å². The summed E-state index contributed by atoms with van der Waals surface area (Å²) in [7, 11) is 0. The Kier molecular flexibility index (Phi) is 6.00. The van der Waals surface area contributed by atoms with Gasteiger partial charge in [-0.05, 0) is 16.7 Å². The van der Waals surface area contributed by atoms with E-state index in [9.17, 15) is 9.59 Å². The molecule has 0 saturated carbocycles. The van der Waals surface area contributed by atoms with Crippen molar-refractivity contribution in [2.75, 3.05) is 0 Å². The molecule has 3 rings (SSSR count). The summed E-state index contributed by atoms with van der Waals surface area (Å²) in [4.78, 5) is 25.1. The number of nitrogens with two attached hydrogens (primary N) is 1. The Bertz CT molecular complexity index is 841. The van der Waals surface area contributed by atoms with E-state index in [-0.39, 0.29) is 5.91 Å². The van der Waals surface area contributed by atoms with E-state index in [0.29, 0.717) is 6.42 Å². The van der Waals surface area contributed by atoms with Crippen LogP contribution in [-0.4, -0.2) is 17.9 Å². The Hall–Kier alpha value is -3.40. The average Bonchev–Trinajstić information content (AvgIpc) is 2.70. The number of nitrogens with one attached hydrogen (secondary N) is 1. The molecule has 0 aliphatic carbocycles. The molecular weight excluding hydrogens is 336 g/mol. The zero-order chi connectivity index (χ0) is 19.1. The third-order valence-corrected chi connectivity index (χ3v) is 4.47. The standard InChI is InChI=1S/C23H22N2O2/c24-22(26)20(16-17-10-4-1-5-11-17)25-23(27)21(18-12-6-2-7-13-18)19-14-8-3-9-15-19/h1-15,20-21H,16H2,(H2,24,26)(H,25,27)/t20-/m1/s1. The van der Waals surface area contributed by atoms with Crippen LogP contribution in [0.2, 0.25) is 0 Å². The van der Waals surface area contributed by atoms with Crippen molar-refractivity contribution in [2.45, 2.75) is 18.4 Å². The fourth-order valence-electron chi connectivity index (χ4n) is 3.11.